The van der Waals surface area contributed by atoms with Gasteiger partial charge in [0, 0.05) is 19.6 Å². The molecule has 0 unspecified atom stereocenters. The Kier molecular flexibility index (Phi) is 5.70. The number of likely N-dealkylation sites (tertiary alicyclic amines) is 1. The van der Waals surface area contributed by atoms with E-state index in [1.54, 1.807) is 11.1 Å². The number of nitrogens with one attached hydrogen (secondary N) is 1. The van der Waals surface area contributed by atoms with Crippen LogP contribution in [0.3, 0.4) is 0 Å². The van der Waals surface area contributed by atoms with Crippen LogP contribution in [0, 0.1) is 11.3 Å². The number of carbonyl (C=O) groups excluding carboxylic acids is 1. The molecule has 1 aromatic rings. The molecule has 0 spiro atoms. The van der Waals surface area contributed by atoms with Crippen LogP contribution in [0.2, 0.25) is 0 Å². The minimum atomic E-state index is 0.163. The highest BCUT2D eigenvalue weighted by Gasteiger charge is 2.51. The highest BCUT2D eigenvalue weighted by Crippen LogP contribution is 2.57. The largest absolute Gasteiger partial charge is 0.337 e. The Morgan fingerprint density at radius 2 is 1.90 bits per heavy atom. The van der Waals surface area contributed by atoms with Crippen molar-refractivity contribution in [1.82, 2.24) is 10.2 Å². The maximum Gasteiger partial charge on any atom is 0.317 e. The molecule has 0 radical (unpaired) electrons. The zero-order valence-electron chi connectivity index (χ0n) is 19.0. The lowest BCUT2D eigenvalue weighted by Gasteiger charge is -2.55. The third kappa shape index (κ3) is 3.82. The van der Waals surface area contributed by atoms with Gasteiger partial charge in [-0.25, -0.2) is 4.79 Å². The van der Waals surface area contributed by atoms with Crippen molar-refractivity contribution in [2.75, 3.05) is 19.6 Å². The van der Waals surface area contributed by atoms with E-state index in [4.69, 9.17) is 0 Å². The van der Waals surface area contributed by atoms with Gasteiger partial charge in [0.05, 0.1) is 0 Å². The molecule has 2 aliphatic carbocycles. The summed E-state index contributed by atoms with van der Waals surface area (Å²) >= 11 is 0. The van der Waals surface area contributed by atoms with Crippen LogP contribution in [-0.4, -0.2) is 30.6 Å². The summed E-state index contributed by atoms with van der Waals surface area (Å²) in [4.78, 5) is 14.8. The molecule has 0 bridgehead atoms. The van der Waals surface area contributed by atoms with Gasteiger partial charge in [0.1, 0.15) is 0 Å². The predicted molar refractivity (Wildman–Crippen MR) is 120 cm³/mol. The van der Waals surface area contributed by atoms with Crippen molar-refractivity contribution < 1.29 is 4.79 Å². The van der Waals surface area contributed by atoms with Crippen LogP contribution in [-0.2, 0) is 11.8 Å². The van der Waals surface area contributed by atoms with E-state index in [1.165, 1.54) is 44.1 Å². The molecule has 3 aliphatic rings. The highest BCUT2D eigenvalue weighted by molar-refractivity contribution is 5.74. The van der Waals surface area contributed by atoms with Crippen LogP contribution in [0.15, 0.2) is 18.2 Å². The van der Waals surface area contributed by atoms with Crippen LogP contribution in [0.5, 0.6) is 0 Å². The van der Waals surface area contributed by atoms with E-state index in [1.807, 2.05) is 4.90 Å². The van der Waals surface area contributed by atoms with Gasteiger partial charge >= 0.3 is 6.03 Å². The summed E-state index contributed by atoms with van der Waals surface area (Å²) in [6.07, 6.45) is 9.77. The molecule has 1 aliphatic heterocycles. The van der Waals surface area contributed by atoms with Crippen LogP contribution < -0.4 is 5.32 Å². The molecule has 160 valence electrons. The number of benzene rings is 1. The Balaban J connectivity index is 1.52. The molecule has 1 saturated carbocycles. The fourth-order valence-corrected chi connectivity index (χ4v) is 6.70. The number of piperidine rings is 1. The summed E-state index contributed by atoms with van der Waals surface area (Å²) in [6.45, 7) is 12.2. The van der Waals surface area contributed by atoms with Crippen LogP contribution in [0.25, 0.3) is 0 Å². The molecule has 2 amide bonds. The Bertz CT molecular complexity index is 751. The normalized spacial score (nSPS) is 31.9. The fourth-order valence-electron chi connectivity index (χ4n) is 6.70. The minimum Gasteiger partial charge on any atom is -0.337 e. The molecular weight excluding hydrogens is 356 g/mol. The first-order valence-electron chi connectivity index (χ1n) is 12.0. The lowest BCUT2D eigenvalue weighted by Crippen LogP contribution is -2.54. The maximum absolute atomic E-state index is 12.7. The Morgan fingerprint density at radius 3 is 2.62 bits per heavy atom. The van der Waals surface area contributed by atoms with Gasteiger partial charge in [-0.15, -0.1) is 0 Å². The highest BCUT2D eigenvalue weighted by atomic mass is 16.2. The average Bonchev–Trinajstić information content (AvgIpc) is 2.72. The number of urea groups is 1. The Labute approximate surface area is 177 Å². The standard InChI is InChI=1S/C26H40N2O/c1-19(2)20-9-11-22-21(17-20)10-12-23-25(3,13-8-14-26(22,23)4)18-27-24(29)28-15-6-5-7-16-28/h9,11,17,19,23H,5-8,10,12-16,18H2,1-4H3,(H,27,29)/t23-,25-,26+/m0/s1. The van der Waals surface area contributed by atoms with Gasteiger partial charge in [-0.05, 0) is 84.3 Å². The number of aryl methyl sites for hydroxylation is 1. The summed E-state index contributed by atoms with van der Waals surface area (Å²) in [5.74, 6) is 1.23. The molecule has 0 aromatic heterocycles. The molecule has 29 heavy (non-hydrogen) atoms. The average molecular weight is 397 g/mol. The third-order valence-electron chi connectivity index (χ3n) is 8.45. The molecule has 1 saturated heterocycles. The number of hydrogen-bond acceptors (Lipinski definition) is 1. The van der Waals surface area contributed by atoms with E-state index < -0.39 is 0 Å². The van der Waals surface area contributed by atoms with Gasteiger partial charge in [0.25, 0.3) is 0 Å². The lowest BCUT2D eigenvalue weighted by molar-refractivity contribution is 0.0266. The van der Waals surface area contributed by atoms with Crippen LogP contribution in [0.1, 0.15) is 95.2 Å². The molecule has 3 atom stereocenters. The number of amides is 2. The quantitative estimate of drug-likeness (QED) is 0.666. The van der Waals surface area contributed by atoms with Gasteiger partial charge in [0.15, 0.2) is 0 Å². The fraction of sp³-hybridized carbons (Fsp3) is 0.731. The number of hydrogen-bond donors (Lipinski definition) is 1. The van der Waals surface area contributed by atoms with Gasteiger partial charge in [0.2, 0.25) is 0 Å². The smallest absolute Gasteiger partial charge is 0.317 e. The Hall–Kier alpha value is -1.51. The molecule has 2 fully saturated rings. The maximum atomic E-state index is 12.7. The van der Waals surface area contributed by atoms with Gasteiger partial charge in [-0.1, -0.05) is 52.3 Å². The summed E-state index contributed by atoms with van der Waals surface area (Å²) < 4.78 is 0. The van der Waals surface area contributed by atoms with E-state index in [9.17, 15) is 4.79 Å². The van der Waals surface area contributed by atoms with Crippen molar-refractivity contribution in [3.8, 4) is 0 Å². The second-order valence-electron chi connectivity index (χ2n) is 10.8. The third-order valence-corrected chi connectivity index (χ3v) is 8.45. The number of carbonyl (C=O) groups is 1. The molecular formula is C26H40N2O. The summed E-state index contributed by atoms with van der Waals surface area (Å²) in [5.41, 5.74) is 5.07. The Morgan fingerprint density at radius 1 is 1.14 bits per heavy atom. The molecule has 3 heteroatoms. The number of nitrogens with zero attached hydrogens (tertiary/aromatic N) is 1. The van der Waals surface area contributed by atoms with Crippen molar-refractivity contribution >= 4 is 6.03 Å². The molecule has 4 rings (SSSR count). The van der Waals surface area contributed by atoms with Gasteiger partial charge < -0.3 is 10.2 Å². The molecule has 1 heterocycles. The van der Waals surface area contributed by atoms with E-state index in [2.05, 4.69) is 51.2 Å². The van der Waals surface area contributed by atoms with Crippen LogP contribution >= 0.6 is 0 Å². The summed E-state index contributed by atoms with van der Waals surface area (Å²) in [6, 6.07) is 7.44. The monoisotopic (exact) mass is 396 g/mol. The second kappa shape index (κ2) is 7.96. The SMILES string of the molecule is CC(C)c1ccc2c(c1)CC[C@H]1[C@](C)(CNC(=O)N3CCCCC3)CCC[C@]21C. The zero-order chi connectivity index (χ0) is 20.6. The van der Waals surface area contributed by atoms with E-state index in [0.29, 0.717) is 11.8 Å². The second-order valence-corrected chi connectivity index (χ2v) is 10.8. The van der Waals surface area contributed by atoms with Crippen molar-refractivity contribution in [1.29, 1.82) is 0 Å². The minimum absolute atomic E-state index is 0.163. The van der Waals surface area contributed by atoms with Crippen molar-refractivity contribution in [2.45, 2.75) is 90.4 Å². The lowest BCUT2D eigenvalue weighted by atomic mass is 9.49. The molecule has 3 nitrogen and oxygen atoms in total. The first-order valence-corrected chi connectivity index (χ1v) is 12.0. The van der Waals surface area contributed by atoms with E-state index >= 15 is 0 Å². The van der Waals surface area contributed by atoms with Crippen molar-refractivity contribution in [2.24, 2.45) is 11.3 Å². The van der Waals surface area contributed by atoms with Gasteiger partial charge in [-0.3, -0.25) is 0 Å². The van der Waals surface area contributed by atoms with Crippen molar-refractivity contribution in [3.05, 3.63) is 34.9 Å². The number of rotatable bonds is 3. The predicted octanol–water partition coefficient (Wildman–Crippen LogP) is 6.02. The topological polar surface area (TPSA) is 32.3 Å². The zero-order valence-corrected chi connectivity index (χ0v) is 19.0. The molecule has 1 aromatic carbocycles. The first-order chi connectivity index (χ1) is 13.8. The van der Waals surface area contributed by atoms with E-state index in [-0.39, 0.29) is 16.9 Å². The summed E-state index contributed by atoms with van der Waals surface area (Å²) in [7, 11) is 0. The molecule has 1 N–H and O–H groups in total. The van der Waals surface area contributed by atoms with Gasteiger partial charge in [-0.2, -0.15) is 0 Å². The summed E-state index contributed by atoms with van der Waals surface area (Å²) in [5, 5.41) is 3.35. The van der Waals surface area contributed by atoms with Crippen LogP contribution in [0.4, 0.5) is 4.79 Å². The van der Waals surface area contributed by atoms with Crippen molar-refractivity contribution in [3.63, 3.8) is 0 Å². The number of fused-ring (bicyclic) bond motifs is 3. The van der Waals surface area contributed by atoms with E-state index in [0.717, 1.165) is 32.5 Å². The first kappa shape index (κ1) is 20.8.